The third-order valence-corrected chi connectivity index (χ3v) is 14.5. The molecule has 0 spiro atoms. The Bertz CT molecular complexity index is 2180. The number of allylic oxidation sites excluding steroid dienone is 1. The van der Waals surface area contributed by atoms with Gasteiger partial charge in [0.15, 0.2) is 0 Å². The number of halogens is 3. The van der Waals surface area contributed by atoms with E-state index in [0.29, 0.717) is 68.4 Å². The highest BCUT2D eigenvalue weighted by atomic mass is 32.2. The molecule has 0 bridgehead atoms. The number of methoxy groups -OCH3 is 2. The number of sulfonamides is 1. The number of alkyl carbamates (subject to hydrolysis) is 1. The van der Waals surface area contributed by atoms with E-state index in [9.17, 15) is 36.0 Å². The maximum atomic E-state index is 15.0. The summed E-state index contributed by atoms with van der Waals surface area (Å²) < 4.78 is 97.2. The fourth-order valence-electron chi connectivity index (χ4n) is 8.06. The van der Waals surface area contributed by atoms with Crippen LogP contribution in [0.1, 0.15) is 79.6 Å². The van der Waals surface area contributed by atoms with Crippen LogP contribution in [0.5, 0.6) is 17.4 Å². The fraction of sp³-hybridized carbons (Fsp3) is 0.643. The quantitative estimate of drug-likeness (QED) is 0.243. The summed E-state index contributed by atoms with van der Waals surface area (Å²) >= 11 is 0. The van der Waals surface area contributed by atoms with Gasteiger partial charge in [0.2, 0.25) is 33.3 Å². The summed E-state index contributed by atoms with van der Waals surface area (Å²) in [6, 6.07) is 2.21. The fourth-order valence-corrected chi connectivity index (χ4v) is 9.37. The number of hydrogen-bond acceptors (Lipinski definition) is 12. The van der Waals surface area contributed by atoms with Gasteiger partial charge in [-0.2, -0.15) is 13.2 Å². The van der Waals surface area contributed by atoms with Crippen molar-refractivity contribution >= 4 is 44.6 Å². The molecule has 342 valence electrons. The van der Waals surface area contributed by atoms with Crippen molar-refractivity contribution in [3.05, 3.63) is 36.5 Å². The predicted molar refractivity (Wildman–Crippen MR) is 219 cm³/mol. The molecule has 62 heavy (non-hydrogen) atoms. The molecule has 2 aliphatic heterocycles. The summed E-state index contributed by atoms with van der Waals surface area (Å²) in [5.74, 6) is -2.97. The van der Waals surface area contributed by atoms with Gasteiger partial charge in [0.05, 0.1) is 37.8 Å². The van der Waals surface area contributed by atoms with Gasteiger partial charge in [-0.3, -0.25) is 19.1 Å². The number of nitrogens with one attached hydrogen (secondary N) is 3. The molecular formula is C42H56F3N5O11S. The van der Waals surface area contributed by atoms with Gasteiger partial charge < -0.3 is 39.2 Å². The first kappa shape index (κ1) is 46.6. The number of carbonyl (C=O) groups excluding carboxylic acids is 4. The molecule has 3 N–H and O–H groups in total. The molecule has 2 saturated carbocycles. The summed E-state index contributed by atoms with van der Waals surface area (Å²) in [5, 5.41) is 6.32. The number of rotatable bonds is 12. The van der Waals surface area contributed by atoms with E-state index in [1.54, 1.807) is 24.3 Å². The van der Waals surface area contributed by atoms with Crippen molar-refractivity contribution < 1.29 is 64.5 Å². The highest BCUT2D eigenvalue weighted by molar-refractivity contribution is 7.91. The molecule has 20 heteroatoms. The van der Waals surface area contributed by atoms with E-state index >= 15 is 4.79 Å². The Kier molecular flexibility index (Phi) is 13.3. The summed E-state index contributed by atoms with van der Waals surface area (Å²) in [6.45, 7) is 6.58. The Morgan fingerprint density at radius 1 is 1.10 bits per heavy atom. The number of fused-ring (bicyclic) bond motifs is 3. The van der Waals surface area contributed by atoms with Crippen LogP contribution in [0.4, 0.5) is 18.0 Å². The molecule has 0 unspecified atom stereocenters. The van der Waals surface area contributed by atoms with E-state index < -0.39 is 85.9 Å². The molecule has 1 aromatic carbocycles. The number of amides is 4. The Labute approximate surface area is 359 Å². The van der Waals surface area contributed by atoms with Crippen LogP contribution in [0, 0.1) is 17.8 Å². The standard InChI is InChI=1S/C42H56F3N5O11S/c1-8-59-32-21-46-35(29-14-13-27(58-7)18-30(29)32)60-28-19-31-34(51)48-41(37(53)49-62(55,56)40(5)15-16-40)20-26(41)12-10-9-11-24(2)17-25(23-57-6)33(36(52)50(31)22-28)47-38(54)61-39(3,4)42(43,44)45/h10,12-14,18,21,24-26,28,31,33H,8-9,11,15-17,19-20,22-23H2,1-7H3,(H,47,54)(H,48,51)(H,49,53)/b12-10-/t24-,25-,26-,28+,31-,33-,41-/m0/s1. The van der Waals surface area contributed by atoms with E-state index in [0.717, 1.165) is 4.90 Å². The number of aromatic nitrogens is 1. The monoisotopic (exact) mass is 895 g/mol. The largest absolute Gasteiger partial charge is 0.497 e. The van der Waals surface area contributed by atoms with Crippen molar-refractivity contribution in [2.45, 2.75) is 120 Å². The number of benzene rings is 1. The first-order valence-electron chi connectivity index (χ1n) is 20.8. The van der Waals surface area contributed by atoms with E-state index in [4.69, 9.17) is 23.7 Å². The molecule has 4 amide bonds. The zero-order valence-electron chi connectivity index (χ0n) is 35.9. The summed E-state index contributed by atoms with van der Waals surface area (Å²) in [7, 11) is -1.21. The third kappa shape index (κ3) is 9.70. The lowest BCUT2D eigenvalue weighted by Crippen LogP contribution is -2.60. The number of ether oxygens (including phenoxy) is 5. The van der Waals surface area contributed by atoms with Crippen molar-refractivity contribution in [3.63, 3.8) is 0 Å². The predicted octanol–water partition coefficient (Wildman–Crippen LogP) is 4.94. The molecule has 7 atom stereocenters. The van der Waals surface area contributed by atoms with Crippen LogP contribution in [-0.2, 0) is 33.9 Å². The molecule has 16 nitrogen and oxygen atoms in total. The van der Waals surface area contributed by atoms with Crippen LogP contribution < -0.4 is 29.6 Å². The second-order valence-electron chi connectivity index (χ2n) is 17.5. The molecule has 4 aliphatic rings. The topological polar surface area (TPSA) is 201 Å². The smallest absolute Gasteiger partial charge is 0.427 e. The lowest BCUT2D eigenvalue weighted by molar-refractivity contribution is -0.244. The molecular weight excluding hydrogens is 840 g/mol. The Morgan fingerprint density at radius 2 is 1.82 bits per heavy atom. The first-order valence-corrected chi connectivity index (χ1v) is 22.2. The molecule has 0 radical (unpaired) electrons. The second kappa shape index (κ2) is 17.7. The highest BCUT2D eigenvalue weighted by Gasteiger charge is 2.63. The summed E-state index contributed by atoms with van der Waals surface area (Å²) in [6.07, 6.45) is -0.341. The summed E-state index contributed by atoms with van der Waals surface area (Å²) in [5.41, 5.74) is -4.61. The lowest BCUT2D eigenvalue weighted by Gasteiger charge is -2.35. The Hall–Kier alpha value is -4.85. The van der Waals surface area contributed by atoms with E-state index in [-0.39, 0.29) is 44.2 Å². The van der Waals surface area contributed by atoms with E-state index in [1.807, 2.05) is 19.9 Å². The molecule has 6 rings (SSSR count). The average Bonchev–Trinajstić information content (AvgIpc) is 4.08. The number of pyridine rings is 1. The number of nitrogens with zero attached hydrogens (tertiary/aromatic N) is 2. The van der Waals surface area contributed by atoms with Crippen LogP contribution in [-0.4, -0.2) is 116 Å². The van der Waals surface area contributed by atoms with Crippen LogP contribution in [0.25, 0.3) is 10.8 Å². The highest BCUT2D eigenvalue weighted by Crippen LogP contribution is 2.48. The second-order valence-corrected chi connectivity index (χ2v) is 19.7. The first-order chi connectivity index (χ1) is 29.1. The van der Waals surface area contributed by atoms with Gasteiger partial charge in [-0.15, -0.1) is 0 Å². The van der Waals surface area contributed by atoms with Crippen molar-refractivity contribution in [2.75, 3.05) is 34.0 Å². The van der Waals surface area contributed by atoms with Gasteiger partial charge in [0, 0.05) is 36.1 Å². The van der Waals surface area contributed by atoms with Gasteiger partial charge in [-0.05, 0) is 90.3 Å². The minimum atomic E-state index is -4.95. The van der Waals surface area contributed by atoms with Crippen LogP contribution in [0.3, 0.4) is 0 Å². The van der Waals surface area contributed by atoms with Crippen LogP contribution in [0.15, 0.2) is 36.5 Å². The minimum Gasteiger partial charge on any atom is -0.497 e. The van der Waals surface area contributed by atoms with Gasteiger partial charge in [0.1, 0.15) is 35.2 Å². The van der Waals surface area contributed by atoms with Gasteiger partial charge in [-0.1, -0.05) is 19.1 Å². The lowest BCUT2D eigenvalue weighted by atomic mass is 9.87. The zero-order chi connectivity index (χ0) is 45.4. The molecule has 3 heterocycles. The van der Waals surface area contributed by atoms with Crippen molar-refractivity contribution in [1.82, 2.24) is 25.2 Å². The maximum Gasteiger partial charge on any atom is 0.427 e. The Balaban J connectivity index is 1.39. The molecule has 2 aliphatic carbocycles. The van der Waals surface area contributed by atoms with Crippen LogP contribution >= 0.6 is 0 Å². The van der Waals surface area contributed by atoms with Gasteiger partial charge in [-0.25, -0.2) is 18.2 Å². The van der Waals surface area contributed by atoms with Crippen molar-refractivity contribution in [2.24, 2.45) is 17.8 Å². The van der Waals surface area contributed by atoms with Crippen molar-refractivity contribution in [3.8, 4) is 17.4 Å². The number of hydrogen-bond donors (Lipinski definition) is 3. The van der Waals surface area contributed by atoms with Crippen LogP contribution in [0.2, 0.25) is 0 Å². The Morgan fingerprint density at radius 3 is 2.47 bits per heavy atom. The normalized spacial score (nSPS) is 28.3. The molecule has 3 fully saturated rings. The zero-order valence-corrected chi connectivity index (χ0v) is 36.7. The molecule has 1 saturated heterocycles. The average molecular weight is 896 g/mol. The third-order valence-electron chi connectivity index (χ3n) is 12.4. The SMILES string of the molecule is CCOc1cnc(O[C@@H]2C[C@H]3C(=O)N[C@@]4(C(=O)NS(=O)(=O)C5(C)CC5)C[C@@H]4/C=C\CC[C@H](C)C[C@@H](COC)[C@H](NC(=O)OC(C)(C)C(F)(F)F)C(=O)N3C2)c2ccc(OC)cc12. The number of carbonyl (C=O) groups is 4. The minimum absolute atomic E-state index is 0.0793. The van der Waals surface area contributed by atoms with Gasteiger partial charge in [0.25, 0.3) is 5.91 Å². The summed E-state index contributed by atoms with van der Waals surface area (Å²) in [4.78, 5) is 62.7. The number of alkyl halides is 3. The molecule has 1 aromatic heterocycles. The maximum absolute atomic E-state index is 15.0. The molecule has 2 aromatic rings. The van der Waals surface area contributed by atoms with E-state index in [1.165, 1.54) is 27.3 Å². The van der Waals surface area contributed by atoms with Gasteiger partial charge >= 0.3 is 12.3 Å². The van der Waals surface area contributed by atoms with E-state index in [2.05, 4.69) is 20.3 Å². The van der Waals surface area contributed by atoms with Crippen molar-refractivity contribution in [1.29, 1.82) is 0 Å².